The smallest absolute Gasteiger partial charge is 0.133 e. The molecule has 0 spiro atoms. The third-order valence-electron chi connectivity index (χ3n) is 3.80. The fourth-order valence-electron chi connectivity index (χ4n) is 2.46. The van der Waals surface area contributed by atoms with Crippen LogP contribution in [-0.4, -0.2) is 12.2 Å². The second-order valence-corrected chi connectivity index (χ2v) is 5.03. The van der Waals surface area contributed by atoms with Gasteiger partial charge in [0.05, 0.1) is 7.11 Å². The summed E-state index contributed by atoms with van der Waals surface area (Å²) < 4.78 is 19.1. The van der Waals surface area contributed by atoms with E-state index >= 15 is 0 Å². The highest BCUT2D eigenvalue weighted by Gasteiger charge is 2.18. The van der Waals surface area contributed by atoms with Gasteiger partial charge in [0, 0.05) is 11.6 Å². The van der Waals surface area contributed by atoms with Crippen molar-refractivity contribution >= 4 is 0 Å². The van der Waals surface area contributed by atoms with E-state index in [1.54, 1.807) is 12.1 Å². The number of hydrogen-bond acceptors (Lipinski definition) is 2. The molecular formula is C18H21FO2. The molecule has 0 aliphatic rings. The Labute approximate surface area is 125 Å². The Morgan fingerprint density at radius 1 is 1.05 bits per heavy atom. The van der Waals surface area contributed by atoms with Crippen LogP contribution < -0.4 is 4.74 Å². The molecule has 0 aliphatic heterocycles. The first-order valence-electron chi connectivity index (χ1n) is 7.23. The summed E-state index contributed by atoms with van der Waals surface area (Å²) in [5.41, 5.74) is 3.23. The third kappa shape index (κ3) is 3.24. The Balaban J connectivity index is 2.45. The van der Waals surface area contributed by atoms with Crippen LogP contribution >= 0.6 is 0 Å². The summed E-state index contributed by atoms with van der Waals surface area (Å²) >= 11 is 0. The predicted molar refractivity (Wildman–Crippen MR) is 82.2 cm³/mol. The minimum atomic E-state index is -0.961. The second-order valence-electron chi connectivity index (χ2n) is 5.03. The van der Waals surface area contributed by atoms with Crippen molar-refractivity contribution in [2.45, 2.75) is 32.8 Å². The first kappa shape index (κ1) is 15.5. The number of aliphatic hydroxyl groups excluding tert-OH is 1. The quantitative estimate of drug-likeness (QED) is 0.899. The highest BCUT2D eigenvalue weighted by Crippen LogP contribution is 2.30. The van der Waals surface area contributed by atoms with E-state index in [1.165, 1.54) is 13.2 Å². The Morgan fingerprint density at radius 2 is 1.81 bits per heavy atom. The Morgan fingerprint density at radius 3 is 2.38 bits per heavy atom. The van der Waals surface area contributed by atoms with Gasteiger partial charge in [0.15, 0.2) is 0 Å². The lowest BCUT2D eigenvalue weighted by atomic mass is 9.93. The number of methoxy groups -OCH3 is 1. The number of halogens is 1. The topological polar surface area (TPSA) is 29.5 Å². The van der Waals surface area contributed by atoms with Crippen molar-refractivity contribution in [2.24, 2.45) is 0 Å². The van der Waals surface area contributed by atoms with E-state index in [9.17, 15) is 9.50 Å². The van der Waals surface area contributed by atoms with Crippen LogP contribution in [0.25, 0.3) is 0 Å². The van der Waals surface area contributed by atoms with Gasteiger partial charge in [-0.25, -0.2) is 4.39 Å². The van der Waals surface area contributed by atoms with Crippen LogP contribution in [0.1, 0.15) is 42.2 Å². The molecule has 0 aliphatic carbocycles. The van der Waals surface area contributed by atoms with Gasteiger partial charge in [0.25, 0.3) is 0 Å². The maximum atomic E-state index is 14.2. The molecule has 3 heteroatoms. The minimum absolute atomic E-state index is 0.277. The normalized spacial score (nSPS) is 12.2. The van der Waals surface area contributed by atoms with Gasteiger partial charge in [-0.05, 0) is 41.7 Å². The zero-order valence-corrected chi connectivity index (χ0v) is 12.7. The summed E-state index contributed by atoms with van der Waals surface area (Å²) in [6, 6.07) is 10.6. The maximum absolute atomic E-state index is 14.2. The lowest BCUT2D eigenvalue weighted by molar-refractivity contribution is 0.213. The lowest BCUT2D eigenvalue weighted by Gasteiger charge is -2.17. The Bertz CT molecular complexity index is 623. The first-order valence-corrected chi connectivity index (χ1v) is 7.23. The summed E-state index contributed by atoms with van der Waals surface area (Å²) in [4.78, 5) is 0. The average molecular weight is 288 g/mol. The van der Waals surface area contributed by atoms with Crippen LogP contribution in [0.15, 0.2) is 36.4 Å². The average Bonchev–Trinajstić information content (AvgIpc) is 2.53. The summed E-state index contributed by atoms with van der Waals surface area (Å²) in [7, 11) is 1.49. The van der Waals surface area contributed by atoms with Crippen molar-refractivity contribution in [2.75, 3.05) is 7.11 Å². The van der Waals surface area contributed by atoms with E-state index in [1.807, 2.05) is 19.1 Å². The molecule has 112 valence electrons. The summed E-state index contributed by atoms with van der Waals surface area (Å²) in [5.74, 6) is -0.00715. The van der Waals surface area contributed by atoms with Gasteiger partial charge in [-0.3, -0.25) is 0 Å². The van der Waals surface area contributed by atoms with Crippen molar-refractivity contribution in [1.29, 1.82) is 0 Å². The third-order valence-corrected chi connectivity index (χ3v) is 3.80. The van der Waals surface area contributed by atoms with E-state index in [2.05, 4.69) is 13.0 Å². The van der Waals surface area contributed by atoms with Crippen LogP contribution in [0.3, 0.4) is 0 Å². The van der Waals surface area contributed by atoms with Crippen molar-refractivity contribution in [3.63, 3.8) is 0 Å². The molecule has 1 unspecified atom stereocenters. The zero-order valence-electron chi connectivity index (χ0n) is 12.7. The molecule has 0 radical (unpaired) electrons. The number of aliphatic hydroxyl groups is 1. The first-order chi connectivity index (χ1) is 10.1. The zero-order chi connectivity index (χ0) is 15.4. The highest BCUT2D eigenvalue weighted by molar-refractivity contribution is 5.41. The van der Waals surface area contributed by atoms with Crippen molar-refractivity contribution < 1.29 is 14.2 Å². The summed E-state index contributed by atoms with van der Waals surface area (Å²) in [5, 5.41) is 10.6. The van der Waals surface area contributed by atoms with Gasteiger partial charge in [-0.2, -0.15) is 0 Å². The fourth-order valence-corrected chi connectivity index (χ4v) is 2.46. The van der Waals surface area contributed by atoms with Crippen LogP contribution in [0.2, 0.25) is 0 Å². The van der Waals surface area contributed by atoms with Crippen LogP contribution in [0, 0.1) is 5.82 Å². The molecular weight excluding hydrogens is 267 g/mol. The van der Waals surface area contributed by atoms with Gasteiger partial charge >= 0.3 is 0 Å². The molecule has 2 aromatic rings. The number of hydrogen-bond donors (Lipinski definition) is 1. The Hall–Kier alpha value is -1.87. The van der Waals surface area contributed by atoms with Gasteiger partial charge in [-0.1, -0.05) is 32.0 Å². The number of benzene rings is 2. The van der Waals surface area contributed by atoms with E-state index in [0.717, 1.165) is 29.5 Å². The van der Waals surface area contributed by atoms with E-state index in [-0.39, 0.29) is 5.56 Å². The van der Waals surface area contributed by atoms with Crippen LogP contribution in [-0.2, 0) is 12.8 Å². The molecule has 0 heterocycles. The monoisotopic (exact) mass is 288 g/mol. The molecule has 2 nitrogen and oxygen atoms in total. The number of rotatable bonds is 5. The highest BCUT2D eigenvalue weighted by atomic mass is 19.1. The standard InChI is InChI=1S/C18H21FO2/c1-4-12-6-7-13(5-2)16(10-12)18(20)15-9-8-14(21-3)11-17(15)19/h6-11,18,20H,4-5H2,1-3H3. The maximum Gasteiger partial charge on any atom is 0.133 e. The molecule has 2 rings (SSSR count). The molecule has 0 saturated carbocycles. The largest absolute Gasteiger partial charge is 0.497 e. The molecule has 1 atom stereocenters. The van der Waals surface area contributed by atoms with E-state index in [0.29, 0.717) is 5.75 Å². The molecule has 2 aromatic carbocycles. The van der Waals surface area contributed by atoms with Crippen LogP contribution in [0.5, 0.6) is 5.75 Å². The van der Waals surface area contributed by atoms with Crippen molar-refractivity contribution in [1.82, 2.24) is 0 Å². The number of ether oxygens (including phenoxy) is 1. The predicted octanol–water partition coefficient (Wildman–Crippen LogP) is 4.04. The van der Waals surface area contributed by atoms with E-state index in [4.69, 9.17) is 4.74 Å². The van der Waals surface area contributed by atoms with Crippen LogP contribution in [0.4, 0.5) is 4.39 Å². The van der Waals surface area contributed by atoms with E-state index < -0.39 is 11.9 Å². The lowest BCUT2D eigenvalue weighted by Crippen LogP contribution is -2.07. The Kier molecular flexibility index (Phi) is 4.97. The summed E-state index contributed by atoms with van der Waals surface area (Å²) in [6.45, 7) is 4.09. The summed E-state index contributed by atoms with van der Waals surface area (Å²) in [6.07, 6.45) is 0.723. The molecule has 21 heavy (non-hydrogen) atoms. The van der Waals surface area contributed by atoms with Crippen molar-refractivity contribution in [3.05, 3.63) is 64.5 Å². The van der Waals surface area contributed by atoms with Gasteiger partial charge in [-0.15, -0.1) is 0 Å². The molecule has 0 aromatic heterocycles. The molecule has 0 fully saturated rings. The van der Waals surface area contributed by atoms with Crippen molar-refractivity contribution in [3.8, 4) is 5.75 Å². The van der Waals surface area contributed by atoms with Gasteiger partial charge in [0.1, 0.15) is 17.7 Å². The second kappa shape index (κ2) is 6.72. The SMILES string of the molecule is CCc1ccc(CC)c(C(O)c2ccc(OC)cc2F)c1. The van der Waals surface area contributed by atoms with Gasteiger partial charge < -0.3 is 9.84 Å². The fraction of sp³-hybridized carbons (Fsp3) is 0.333. The molecule has 1 N–H and O–H groups in total. The number of aryl methyl sites for hydroxylation is 2. The minimum Gasteiger partial charge on any atom is -0.497 e. The van der Waals surface area contributed by atoms with Gasteiger partial charge in [0.2, 0.25) is 0 Å². The molecule has 0 amide bonds. The molecule has 0 bridgehead atoms. The molecule has 0 saturated heterocycles.